The van der Waals surface area contributed by atoms with Gasteiger partial charge in [0.1, 0.15) is 0 Å². The SMILES string of the molecule is CCCCC(=O)[NH][Zr+2]([C]1=C(C)C(C)=C(C)C1C)[SiH](c1ccccc1)c1ccccc1.[Cl-].[Cl-]. The van der Waals surface area contributed by atoms with Crippen LogP contribution >= 0.6 is 0 Å². The van der Waals surface area contributed by atoms with E-state index in [9.17, 15) is 4.79 Å². The summed E-state index contributed by atoms with van der Waals surface area (Å²) in [6.07, 6.45) is 2.68. The van der Waals surface area contributed by atoms with Crippen molar-refractivity contribution in [2.75, 3.05) is 0 Å². The number of allylic oxidation sites excluding steroid dienone is 4. The summed E-state index contributed by atoms with van der Waals surface area (Å²) in [6, 6.07) is 22.0. The van der Waals surface area contributed by atoms with Crippen LogP contribution < -0.4 is 38.4 Å². The molecule has 0 fully saturated rings. The van der Waals surface area contributed by atoms with Crippen LogP contribution in [0.25, 0.3) is 0 Å². The monoisotopic (exact) mass is 564 g/mol. The number of hydrogen-bond acceptors (Lipinski definition) is 1. The second kappa shape index (κ2) is 13.7. The molecule has 1 N–H and O–H groups in total. The number of rotatable bonds is 8. The quantitative estimate of drug-likeness (QED) is 0.393. The number of hydrogen-bond donors (Lipinski definition) is 1. The molecule has 0 radical (unpaired) electrons. The average Bonchev–Trinajstić information content (AvgIpc) is 2.96. The van der Waals surface area contributed by atoms with Gasteiger partial charge in [0.05, 0.1) is 0 Å². The van der Waals surface area contributed by atoms with Gasteiger partial charge in [0.15, 0.2) is 0 Å². The summed E-state index contributed by atoms with van der Waals surface area (Å²) in [6.45, 7) is 11.3. The molecule has 2 aromatic rings. The van der Waals surface area contributed by atoms with Crippen molar-refractivity contribution in [1.29, 1.82) is 0 Å². The van der Waals surface area contributed by atoms with E-state index in [2.05, 4.69) is 98.5 Å². The van der Waals surface area contributed by atoms with Crippen molar-refractivity contribution >= 4 is 22.2 Å². The molecule has 0 heterocycles. The van der Waals surface area contributed by atoms with Crippen LogP contribution in [-0.4, -0.2) is 11.8 Å². The molecular weight excluding hydrogens is 533 g/mol. The number of nitrogens with one attached hydrogen (secondary N) is 1. The van der Waals surface area contributed by atoms with Gasteiger partial charge in [-0.15, -0.1) is 0 Å². The second-order valence-corrected chi connectivity index (χ2v) is 22.2. The van der Waals surface area contributed by atoms with Crippen LogP contribution in [0.4, 0.5) is 0 Å². The predicted octanol–water partition coefficient (Wildman–Crippen LogP) is -1.37. The maximum absolute atomic E-state index is 13.0. The van der Waals surface area contributed by atoms with Gasteiger partial charge in [0.25, 0.3) is 0 Å². The van der Waals surface area contributed by atoms with Crippen LogP contribution in [0.2, 0.25) is 0 Å². The Morgan fingerprint density at radius 2 is 1.41 bits per heavy atom. The Hall–Kier alpha value is -0.930. The average molecular weight is 567 g/mol. The molecule has 0 aromatic heterocycles. The third-order valence-electron chi connectivity index (χ3n) is 6.52. The summed E-state index contributed by atoms with van der Waals surface area (Å²) < 4.78 is 5.34. The molecule has 6 heteroatoms. The molecule has 171 valence electrons. The summed E-state index contributed by atoms with van der Waals surface area (Å²) in [7, 11) is 0. The maximum Gasteiger partial charge on any atom is -1.00 e. The largest absolute Gasteiger partial charge is 1.00 e. The molecule has 1 aliphatic carbocycles. The zero-order valence-electron chi connectivity index (χ0n) is 19.7. The zero-order chi connectivity index (χ0) is 21.7. The van der Waals surface area contributed by atoms with Crippen molar-refractivity contribution in [2.45, 2.75) is 53.9 Å². The van der Waals surface area contributed by atoms with Gasteiger partial charge < -0.3 is 24.8 Å². The number of benzene rings is 2. The Bertz CT molecular complexity index is 907. The molecular formula is C26H34Cl2NOSiZr. The number of carbonyl (C=O) groups excluding carboxylic acids is 1. The summed E-state index contributed by atoms with van der Waals surface area (Å²) >= 11 is -2.54. The van der Waals surface area contributed by atoms with Crippen LogP contribution in [0.1, 0.15) is 53.9 Å². The van der Waals surface area contributed by atoms with Gasteiger partial charge in [-0.25, -0.2) is 0 Å². The van der Waals surface area contributed by atoms with E-state index in [1.807, 2.05) is 0 Å². The minimum Gasteiger partial charge on any atom is -1.00 e. The van der Waals surface area contributed by atoms with Crippen LogP contribution in [-0.2, 0) is 26.0 Å². The van der Waals surface area contributed by atoms with Gasteiger partial charge in [-0.2, -0.15) is 0 Å². The third-order valence-corrected chi connectivity index (χ3v) is 25.8. The Labute approximate surface area is 215 Å². The van der Waals surface area contributed by atoms with Crippen molar-refractivity contribution < 1.29 is 50.8 Å². The second-order valence-electron chi connectivity index (χ2n) is 8.39. The summed E-state index contributed by atoms with van der Waals surface area (Å²) in [5, 5.41) is 2.92. The molecule has 2 nitrogen and oxygen atoms in total. The first-order chi connectivity index (χ1) is 14.5. The fourth-order valence-corrected chi connectivity index (χ4v) is 26.5. The number of unbranched alkanes of at least 4 members (excludes halogenated alkanes) is 1. The molecule has 1 atom stereocenters. The Morgan fingerprint density at radius 1 is 0.906 bits per heavy atom. The molecule has 3 rings (SSSR count). The van der Waals surface area contributed by atoms with Gasteiger partial charge in [-0.05, 0) is 0 Å². The molecule has 0 aliphatic heterocycles. The molecule has 0 saturated heterocycles. The standard InChI is InChI=1S/C12H11Si.C9H13.C5H11NO.2ClH.Zr/c1-3-7-11(8-4-1)13-12-9-5-2-6-10-12;1-6-5-7(2)9(4)8(6)3;1-2-3-4-5(6)7;;;/h1-10,13H;6H,1-4H3;2-4H2,1H3,(H2,6,7);2*1H;/q;;;;;+3/p-3. The number of carbonyl (C=O) groups is 1. The van der Waals surface area contributed by atoms with Crippen molar-refractivity contribution in [2.24, 2.45) is 5.92 Å². The molecule has 1 unspecified atom stereocenters. The Morgan fingerprint density at radius 3 is 1.81 bits per heavy atom. The normalized spacial score (nSPS) is 15.4. The Kier molecular flexibility index (Phi) is 12.5. The van der Waals surface area contributed by atoms with E-state index in [4.69, 9.17) is 0 Å². The van der Waals surface area contributed by atoms with Crippen LogP contribution in [0.5, 0.6) is 0 Å². The van der Waals surface area contributed by atoms with E-state index >= 15 is 0 Å². The van der Waals surface area contributed by atoms with Crippen molar-refractivity contribution in [3.8, 4) is 0 Å². The van der Waals surface area contributed by atoms with E-state index in [0.717, 1.165) is 12.8 Å². The van der Waals surface area contributed by atoms with E-state index < -0.39 is 27.1 Å². The minimum absolute atomic E-state index is 0. The van der Waals surface area contributed by atoms with Crippen molar-refractivity contribution in [1.82, 2.24) is 3.26 Å². The van der Waals surface area contributed by atoms with Gasteiger partial charge in [-0.3, -0.25) is 0 Å². The molecule has 2 aromatic carbocycles. The molecule has 0 spiro atoms. The predicted molar refractivity (Wildman–Crippen MR) is 127 cm³/mol. The Balaban J connectivity index is 0.00000256. The first kappa shape index (κ1) is 29.1. The van der Waals surface area contributed by atoms with E-state index in [0.29, 0.717) is 12.3 Å². The van der Waals surface area contributed by atoms with Crippen LogP contribution in [0, 0.1) is 5.92 Å². The summed E-state index contributed by atoms with van der Waals surface area (Å²) in [5.41, 5.74) is 4.37. The number of amides is 1. The molecule has 32 heavy (non-hydrogen) atoms. The van der Waals surface area contributed by atoms with E-state index in [-0.39, 0.29) is 30.7 Å². The van der Waals surface area contributed by atoms with Gasteiger partial charge in [0, 0.05) is 0 Å². The summed E-state index contributed by atoms with van der Waals surface area (Å²) in [5.74, 6) is -0.839. The number of halogens is 2. The zero-order valence-corrected chi connectivity index (χ0v) is 24.8. The molecule has 0 saturated carbocycles. The summed E-state index contributed by atoms with van der Waals surface area (Å²) in [4.78, 5) is 13.0. The van der Waals surface area contributed by atoms with Crippen molar-refractivity contribution in [3.63, 3.8) is 0 Å². The fourth-order valence-electron chi connectivity index (χ4n) is 4.46. The van der Waals surface area contributed by atoms with Gasteiger partial charge >= 0.3 is 192 Å². The maximum atomic E-state index is 13.0. The third kappa shape index (κ3) is 6.56. The van der Waals surface area contributed by atoms with Gasteiger partial charge in [-0.1, -0.05) is 0 Å². The molecule has 0 bridgehead atoms. The van der Waals surface area contributed by atoms with Gasteiger partial charge in [0.2, 0.25) is 0 Å². The van der Waals surface area contributed by atoms with Crippen LogP contribution in [0.3, 0.4) is 0 Å². The minimum atomic E-state index is -2.54. The first-order valence-electron chi connectivity index (χ1n) is 11.1. The van der Waals surface area contributed by atoms with Crippen LogP contribution in [0.15, 0.2) is 80.7 Å². The molecule has 1 aliphatic rings. The van der Waals surface area contributed by atoms with Crippen molar-refractivity contribution in [3.05, 3.63) is 80.7 Å². The fraction of sp³-hybridized carbons (Fsp3) is 0.346. The molecule has 1 amide bonds. The van der Waals surface area contributed by atoms with E-state index in [1.165, 1.54) is 27.1 Å². The van der Waals surface area contributed by atoms with E-state index in [1.54, 1.807) is 3.28 Å². The first-order valence-corrected chi connectivity index (χ1v) is 19.6. The smallest absolute Gasteiger partial charge is 1.00 e. The topological polar surface area (TPSA) is 29.1 Å².